The number of hydrogen-bond donors (Lipinski definition) is 2. The van der Waals surface area contributed by atoms with Gasteiger partial charge in [-0.25, -0.2) is 0 Å². The van der Waals surface area contributed by atoms with Crippen molar-refractivity contribution in [3.8, 4) is 11.5 Å². The number of rotatable bonds is 5. The van der Waals surface area contributed by atoms with Crippen molar-refractivity contribution in [2.75, 3.05) is 5.32 Å². The molecular formula is C15H20N4O2. The average Bonchev–Trinajstić information content (AvgIpc) is 2.93. The van der Waals surface area contributed by atoms with Crippen LogP contribution < -0.4 is 11.1 Å². The fraction of sp³-hybridized carbons (Fsp3) is 0.400. The van der Waals surface area contributed by atoms with Crippen LogP contribution in [0.3, 0.4) is 0 Å². The number of benzene rings is 1. The first kappa shape index (κ1) is 15.2. The molecule has 0 radical (unpaired) electrons. The molecule has 0 aliphatic rings. The SMILES string of the molecule is CCC(N)(CC)C(=O)Nc1ccccc1-c1nnc(C)o1. The van der Waals surface area contributed by atoms with Crippen LogP contribution in [-0.4, -0.2) is 21.6 Å². The highest BCUT2D eigenvalue weighted by atomic mass is 16.4. The number of nitrogens with one attached hydrogen (secondary N) is 1. The smallest absolute Gasteiger partial charge is 0.249 e. The van der Waals surface area contributed by atoms with Gasteiger partial charge in [-0.3, -0.25) is 4.79 Å². The zero-order chi connectivity index (χ0) is 15.5. The molecule has 1 aromatic heterocycles. The monoisotopic (exact) mass is 288 g/mol. The van der Waals surface area contributed by atoms with Crippen LogP contribution in [0.5, 0.6) is 0 Å². The zero-order valence-corrected chi connectivity index (χ0v) is 12.5. The molecule has 2 aromatic rings. The first-order chi connectivity index (χ1) is 10.00. The summed E-state index contributed by atoms with van der Waals surface area (Å²) in [6, 6.07) is 7.29. The third kappa shape index (κ3) is 3.11. The summed E-state index contributed by atoms with van der Waals surface area (Å²) in [7, 11) is 0. The number of hydrogen-bond acceptors (Lipinski definition) is 5. The summed E-state index contributed by atoms with van der Waals surface area (Å²) < 4.78 is 5.43. The highest BCUT2D eigenvalue weighted by Crippen LogP contribution is 2.27. The summed E-state index contributed by atoms with van der Waals surface area (Å²) in [6.45, 7) is 5.52. The minimum absolute atomic E-state index is 0.212. The van der Waals surface area contributed by atoms with Gasteiger partial charge in [0.1, 0.15) is 0 Å². The number of carbonyl (C=O) groups excluding carboxylic acids is 1. The zero-order valence-electron chi connectivity index (χ0n) is 12.5. The first-order valence-corrected chi connectivity index (χ1v) is 7.00. The number of para-hydroxylation sites is 1. The molecule has 112 valence electrons. The second-order valence-electron chi connectivity index (χ2n) is 4.99. The Morgan fingerprint density at radius 3 is 2.52 bits per heavy atom. The van der Waals surface area contributed by atoms with Crippen molar-refractivity contribution >= 4 is 11.6 Å². The van der Waals surface area contributed by atoms with E-state index in [9.17, 15) is 4.79 Å². The van der Waals surface area contributed by atoms with E-state index in [1.54, 1.807) is 13.0 Å². The van der Waals surface area contributed by atoms with Crippen molar-refractivity contribution in [2.45, 2.75) is 39.2 Å². The van der Waals surface area contributed by atoms with Crippen LogP contribution in [0.1, 0.15) is 32.6 Å². The Kier molecular flexibility index (Phi) is 4.37. The van der Waals surface area contributed by atoms with Crippen LogP contribution in [0.15, 0.2) is 28.7 Å². The molecular weight excluding hydrogens is 268 g/mol. The average molecular weight is 288 g/mol. The molecule has 0 unspecified atom stereocenters. The van der Waals surface area contributed by atoms with Gasteiger partial charge >= 0.3 is 0 Å². The minimum Gasteiger partial charge on any atom is -0.421 e. The van der Waals surface area contributed by atoms with Gasteiger partial charge in [0.05, 0.1) is 16.8 Å². The van der Waals surface area contributed by atoms with Gasteiger partial charge in [0, 0.05) is 6.92 Å². The fourth-order valence-electron chi connectivity index (χ4n) is 2.00. The molecule has 0 fully saturated rings. The molecule has 6 heteroatoms. The van der Waals surface area contributed by atoms with Crippen LogP contribution in [-0.2, 0) is 4.79 Å². The molecule has 0 aliphatic carbocycles. The van der Waals surface area contributed by atoms with E-state index in [1.165, 1.54) is 0 Å². The molecule has 0 saturated carbocycles. The maximum Gasteiger partial charge on any atom is 0.249 e. The van der Waals surface area contributed by atoms with Crippen LogP contribution >= 0.6 is 0 Å². The molecule has 2 rings (SSSR count). The fourth-order valence-corrected chi connectivity index (χ4v) is 2.00. The number of carbonyl (C=O) groups is 1. The predicted molar refractivity (Wildman–Crippen MR) is 80.6 cm³/mol. The molecule has 0 spiro atoms. The molecule has 0 bridgehead atoms. The van der Waals surface area contributed by atoms with Crippen LogP contribution in [0.4, 0.5) is 5.69 Å². The van der Waals surface area contributed by atoms with E-state index in [4.69, 9.17) is 10.2 Å². The lowest BCUT2D eigenvalue weighted by atomic mass is 9.93. The summed E-state index contributed by atoms with van der Waals surface area (Å²) in [5, 5.41) is 10.7. The third-order valence-electron chi connectivity index (χ3n) is 3.65. The molecule has 1 heterocycles. The molecule has 0 saturated heterocycles. The van der Waals surface area contributed by atoms with Gasteiger partial charge in [-0.05, 0) is 25.0 Å². The summed E-state index contributed by atoms with van der Waals surface area (Å²) in [4.78, 5) is 12.4. The molecule has 0 aliphatic heterocycles. The van der Waals surface area contributed by atoms with Gasteiger partial charge in [0.15, 0.2) is 0 Å². The van der Waals surface area contributed by atoms with E-state index in [0.29, 0.717) is 35.9 Å². The number of amides is 1. The van der Waals surface area contributed by atoms with Crippen molar-refractivity contribution in [1.29, 1.82) is 0 Å². The second-order valence-corrected chi connectivity index (χ2v) is 4.99. The number of aromatic nitrogens is 2. The maximum atomic E-state index is 12.4. The van der Waals surface area contributed by atoms with Crippen molar-refractivity contribution in [1.82, 2.24) is 10.2 Å². The van der Waals surface area contributed by atoms with Crippen LogP contribution in [0.25, 0.3) is 11.5 Å². The summed E-state index contributed by atoms with van der Waals surface area (Å²) in [5.41, 5.74) is 6.54. The highest BCUT2D eigenvalue weighted by molar-refractivity contribution is 6.00. The Hall–Kier alpha value is -2.21. The van der Waals surface area contributed by atoms with Gasteiger partial charge < -0.3 is 15.5 Å². The van der Waals surface area contributed by atoms with E-state index in [2.05, 4.69) is 15.5 Å². The lowest BCUT2D eigenvalue weighted by molar-refractivity contribution is -0.121. The summed E-state index contributed by atoms with van der Waals surface area (Å²) >= 11 is 0. The molecule has 0 atom stereocenters. The maximum absolute atomic E-state index is 12.4. The van der Waals surface area contributed by atoms with Gasteiger partial charge in [-0.1, -0.05) is 26.0 Å². The Bertz CT molecular complexity index is 632. The van der Waals surface area contributed by atoms with Gasteiger partial charge in [0.25, 0.3) is 0 Å². The van der Waals surface area contributed by atoms with Crippen molar-refractivity contribution in [3.63, 3.8) is 0 Å². The van der Waals surface area contributed by atoms with E-state index in [-0.39, 0.29) is 5.91 Å². The van der Waals surface area contributed by atoms with E-state index in [0.717, 1.165) is 0 Å². The van der Waals surface area contributed by atoms with Gasteiger partial charge in [-0.2, -0.15) is 0 Å². The van der Waals surface area contributed by atoms with Crippen molar-refractivity contribution < 1.29 is 9.21 Å². The Morgan fingerprint density at radius 1 is 1.29 bits per heavy atom. The van der Waals surface area contributed by atoms with Gasteiger partial charge in [-0.15, -0.1) is 10.2 Å². The Balaban J connectivity index is 2.31. The lowest BCUT2D eigenvalue weighted by Crippen LogP contribution is -2.50. The standard InChI is InChI=1S/C15H20N4O2/c1-4-15(16,5-2)14(20)17-12-9-7-6-8-11(12)13-19-18-10(3)21-13/h6-9H,4-5,16H2,1-3H3,(H,17,20). The van der Waals surface area contributed by atoms with Crippen LogP contribution in [0.2, 0.25) is 0 Å². The molecule has 6 nitrogen and oxygen atoms in total. The van der Waals surface area contributed by atoms with E-state index < -0.39 is 5.54 Å². The van der Waals surface area contributed by atoms with Crippen molar-refractivity contribution in [2.24, 2.45) is 5.73 Å². The topological polar surface area (TPSA) is 94.0 Å². The molecule has 1 aromatic carbocycles. The number of anilines is 1. The van der Waals surface area contributed by atoms with Gasteiger partial charge in [0.2, 0.25) is 17.7 Å². The predicted octanol–water partition coefficient (Wildman–Crippen LogP) is 2.50. The van der Waals surface area contributed by atoms with E-state index in [1.807, 2.05) is 32.0 Å². The Labute approximate surface area is 123 Å². The summed E-state index contributed by atoms with van der Waals surface area (Å²) in [6.07, 6.45) is 1.13. The molecule has 3 N–H and O–H groups in total. The quantitative estimate of drug-likeness (QED) is 0.881. The normalized spacial score (nSPS) is 11.4. The summed E-state index contributed by atoms with van der Waals surface area (Å²) in [5.74, 6) is 0.636. The molecule has 1 amide bonds. The largest absolute Gasteiger partial charge is 0.421 e. The molecule has 21 heavy (non-hydrogen) atoms. The third-order valence-corrected chi connectivity index (χ3v) is 3.65. The highest BCUT2D eigenvalue weighted by Gasteiger charge is 2.30. The number of nitrogens with zero attached hydrogens (tertiary/aromatic N) is 2. The number of nitrogens with two attached hydrogens (primary N) is 1. The lowest BCUT2D eigenvalue weighted by Gasteiger charge is -2.25. The number of aryl methyl sites for hydroxylation is 1. The minimum atomic E-state index is -0.877. The van der Waals surface area contributed by atoms with E-state index >= 15 is 0 Å². The first-order valence-electron chi connectivity index (χ1n) is 7.00. The van der Waals surface area contributed by atoms with Crippen molar-refractivity contribution in [3.05, 3.63) is 30.2 Å². The second kappa shape index (κ2) is 6.05. The Morgan fingerprint density at radius 2 is 1.95 bits per heavy atom. The van der Waals surface area contributed by atoms with Crippen LogP contribution in [0, 0.1) is 6.92 Å².